The van der Waals surface area contributed by atoms with Crippen LogP contribution in [0.1, 0.15) is 51.0 Å². The first-order valence-corrected chi connectivity index (χ1v) is 13.4. The van der Waals surface area contributed by atoms with Crippen LogP contribution in [0, 0.1) is 29.6 Å². The highest BCUT2D eigenvalue weighted by atomic mass is 16.5. The summed E-state index contributed by atoms with van der Waals surface area (Å²) in [7, 11) is 0. The molecule has 4 aliphatic rings. The first kappa shape index (κ1) is 21.8. The summed E-state index contributed by atoms with van der Waals surface area (Å²) in [6.07, 6.45) is 21.6. The van der Waals surface area contributed by atoms with Crippen LogP contribution in [0.4, 0.5) is 0 Å². The molecule has 3 atom stereocenters. The second kappa shape index (κ2) is 9.49. The van der Waals surface area contributed by atoms with Crippen molar-refractivity contribution in [3.8, 4) is 5.75 Å². The van der Waals surface area contributed by atoms with Gasteiger partial charge in [0.05, 0.1) is 13.2 Å². The fourth-order valence-corrected chi connectivity index (χ4v) is 6.69. The molecule has 1 aliphatic heterocycles. The van der Waals surface area contributed by atoms with E-state index in [1.54, 1.807) is 0 Å². The molecule has 0 aromatic heterocycles. The van der Waals surface area contributed by atoms with Crippen LogP contribution in [0.25, 0.3) is 16.3 Å². The molecule has 0 bridgehead atoms. The molecule has 0 amide bonds. The molecule has 0 saturated heterocycles. The van der Waals surface area contributed by atoms with Crippen LogP contribution in [-0.4, -0.2) is 13.2 Å². The van der Waals surface area contributed by atoms with E-state index in [9.17, 15) is 0 Å². The lowest BCUT2D eigenvalue weighted by atomic mass is 9.75. The molecule has 2 aromatic rings. The summed E-state index contributed by atoms with van der Waals surface area (Å²) in [6.45, 7) is 3.80. The SMILES string of the molecule is CCC[C@H]1CC[C@H](C2COC3=C(c4c(ccc5ccccc45)OC2)C2C=CC=CC2C=C3)CC1. The quantitative estimate of drug-likeness (QED) is 0.468. The highest BCUT2D eigenvalue weighted by Crippen LogP contribution is 2.47. The largest absolute Gasteiger partial charge is 0.493 e. The van der Waals surface area contributed by atoms with Crippen molar-refractivity contribution in [3.05, 3.63) is 84.2 Å². The molecule has 3 unspecified atom stereocenters. The van der Waals surface area contributed by atoms with Gasteiger partial charge in [0.25, 0.3) is 0 Å². The zero-order valence-electron chi connectivity index (χ0n) is 20.3. The van der Waals surface area contributed by atoms with Crippen LogP contribution in [-0.2, 0) is 4.74 Å². The fourth-order valence-electron chi connectivity index (χ4n) is 6.69. The molecule has 1 fully saturated rings. The number of benzene rings is 2. The summed E-state index contributed by atoms with van der Waals surface area (Å²) < 4.78 is 13.4. The second-order valence-corrected chi connectivity index (χ2v) is 10.6. The van der Waals surface area contributed by atoms with E-state index in [0.717, 1.165) is 30.6 Å². The van der Waals surface area contributed by atoms with E-state index in [2.05, 4.69) is 79.8 Å². The van der Waals surface area contributed by atoms with Gasteiger partial charge in [-0.3, -0.25) is 0 Å². The zero-order valence-corrected chi connectivity index (χ0v) is 20.3. The van der Waals surface area contributed by atoms with Crippen LogP contribution < -0.4 is 4.74 Å². The monoisotopic (exact) mass is 452 g/mol. The maximum atomic E-state index is 6.72. The average molecular weight is 453 g/mol. The maximum Gasteiger partial charge on any atom is 0.127 e. The van der Waals surface area contributed by atoms with Crippen molar-refractivity contribution in [1.82, 2.24) is 0 Å². The molecule has 2 nitrogen and oxygen atoms in total. The van der Waals surface area contributed by atoms with Crippen molar-refractivity contribution in [2.24, 2.45) is 29.6 Å². The van der Waals surface area contributed by atoms with Gasteiger partial charge >= 0.3 is 0 Å². The third-order valence-corrected chi connectivity index (χ3v) is 8.57. The number of rotatable bonds is 3. The Balaban J connectivity index is 1.39. The van der Waals surface area contributed by atoms with Crippen molar-refractivity contribution >= 4 is 16.3 Å². The summed E-state index contributed by atoms with van der Waals surface area (Å²) in [6, 6.07) is 13.1. The van der Waals surface area contributed by atoms with Crippen molar-refractivity contribution in [2.45, 2.75) is 45.4 Å². The van der Waals surface area contributed by atoms with Crippen LogP contribution in [0.15, 0.2) is 78.6 Å². The summed E-state index contributed by atoms with van der Waals surface area (Å²) in [5.41, 5.74) is 2.51. The standard InChI is InChI=1S/C32H36O2/c1-2-7-22-12-14-23(15-13-22)26-20-33-29-18-16-24-8-3-5-10-27(24)31(29)32-28-11-6-4-9-25(28)17-19-30(32)34-21-26/h3-6,8-11,16-19,22-24,26-27H,2,7,12-15,20-21H2,1H3/t22-,23-,24?,26?,27?. The van der Waals surface area contributed by atoms with E-state index in [4.69, 9.17) is 9.47 Å². The molecule has 34 heavy (non-hydrogen) atoms. The van der Waals surface area contributed by atoms with Gasteiger partial charge < -0.3 is 9.47 Å². The van der Waals surface area contributed by atoms with E-state index < -0.39 is 0 Å². The van der Waals surface area contributed by atoms with E-state index in [0.29, 0.717) is 17.8 Å². The highest BCUT2D eigenvalue weighted by Gasteiger charge is 2.34. The third kappa shape index (κ3) is 4.02. The molecule has 0 N–H and O–H groups in total. The van der Waals surface area contributed by atoms with Crippen LogP contribution in [0.3, 0.4) is 0 Å². The maximum absolute atomic E-state index is 6.72. The minimum absolute atomic E-state index is 0.277. The van der Waals surface area contributed by atoms with Gasteiger partial charge in [0.2, 0.25) is 0 Å². The smallest absolute Gasteiger partial charge is 0.127 e. The Morgan fingerprint density at radius 1 is 0.824 bits per heavy atom. The van der Waals surface area contributed by atoms with Crippen LogP contribution in [0.2, 0.25) is 0 Å². The molecule has 2 aromatic carbocycles. The Hall–Kier alpha value is -2.74. The highest BCUT2D eigenvalue weighted by molar-refractivity contribution is 5.98. The van der Waals surface area contributed by atoms with E-state index >= 15 is 0 Å². The Kier molecular flexibility index (Phi) is 6.07. The van der Waals surface area contributed by atoms with Gasteiger partial charge in [-0.15, -0.1) is 0 Å². The van der Waals surface area contributed by atoms with E-state index in [1.165, 1.54) is 60.4 Å². The predicted molar refractivity (Wildman–Crippen MR) is 141 cm³/mol. The van der Waals surface area contributed by atoms with Gasteiger partial charge in [0, 0.05) is 28.9 Å². The lowest BCUT2D eigenvalue weighted by Crippen LogP contribution is -2.29. The van der Waals surface area contributed by atoms with E-state index in [-0.39, 0.29) is 5.92 Å². The average Bonchev–Trinajstić information content (AvgIpc) is 2.97. The Labute approximate surface area is 204 Å². The lowest BCUT2D eigenvalue weighted by molar-refractivity contribution is 0.0731. The van der Waals surface area contributed by atoms with Crippen molar-refractivity contribution in [2.75, 3.05) is 13.2 Å². The Morgan fingerprint density at radius 3 is 2.53 bits per heavy atom. The molecule has 6 rings (SSSR count). The van der Waals surface area contributed by atoms with Crippen molar-refractivity contribution in [1.29, 1.82) is 0 Å². The van der Waals surface area contributed by atoms with Gasteiger partial charge in [0.1, 0.15) is 11.5 Å². The van der Waals surface area contributed by atoms with Crippen molar-refractivity contribution < 1.29 is 9.47 Å². The molecule has 176 valence electrons. The molecule has 0 spiro atoms. The van der Waals surface area contributed by atoms with Gasteiger partial charge in [-0.25, -0.2) is 0 Å². The topological polar surface area (TPSA) is 18.5 Å². The number of hydrogen-bond acceptors (Lipinski definition) is 2. The summed E-state index contributed by atoms with van der Waals surface area (Å²) in [5.74, 6) is 4.74. The summed E-state index contributed by atoms with van der Waals surface area (Å²) in [5, 5.41) is 2.51. The minimum Gasteiger partial charge on any atom is -0.493 e. The number of ether oxygens (including phenoxy) is 2. The molecule has 1 heterocycles. The number of hydrogen-bond donors (Lipinski definition) is 0. The molecule has 3 aliphatic carbocycles. The second-order valence-electron chi connectivity index (χ2n) is 10.6. The van der Waals surface area contributed by atoms with Gasteiger partial charge in [0.15, 0.2) is 0 Å². The predicted octanol–water partition coefficient (Wildman–Crippen LogP) is 8.11. The third-order valence-electron chi connectivity index (χ3n) is 8.57. The lowest BCUT2D eigenvalue weighted by Gasteiger charge is -2.34. The first-order chi connectivity index (χ1) is 16.8. The molecule has 0 radical (unpaired) electrons. The number of allylic oxidation sites excluding steroid dienone is 7. The Bertz CT molecular complexity index is 1160. The normalized spacial score (nSPS) is 30.3. The van der Waals surface area contributed by atoms with Crippen LogP contribution >= 0.6 is 0 Å². The van der Waals surface area contributed by atoms with Crippen LogP contribution in [0.5, 0.6) is 5.75 Å². The van der Waals surface area contributed by atoms with Gasteiger partial charge in [-0.2, -0.15) is 0 Å². The first-order valence-electron chi connectivity index (χ1n) is 13.4. The Morgan fingerprint density at radius 2 is 1.65 bits per heavy atom. The summed E-state index contributed by atoms with van der Waals surface area (Å²) in [4.78, 5) is 0. The summed E-state index contributed by atoms with van der Waals surface area (Å²) >= 11 is 0. The van der Waals surface area contributed by atoms with Gasteiger partial charge in [-0.05, 0) is 47.6 Å². The minimum atomic E-state index is 0.277. The number of fused-ring (bicyclic) bond motifs is 6. The van der Waals surface area contributed by atoms with E-state index in [1.807, 2.05) is 0 Å². The molecular weight excluding hydrogens is 416 g/mol. The molecular formula is C32H36O2. The molecule has 2 heteroatoms. The van der Waals surface area contributed by atoms with Gasteiger partial charge in [-0.1, -0.05) is 93.3 Å². The van der Waals surface area contributed by atoms with Crippen molar-refractivity contribution in [3.63, 3.8) is 0 Å². The molecule has 1 saturated carbocycles. The fraction of sp³-hybridized carbons (Fsp3) is 0.438. The zero-order chi connectivity index (χ0) is 22.9.